The van der Waals surface area contributed by atoms with E-state index in [-0.39, 0.29) is 0 Å². The van der Waals surface area contributed by atoms with Gasteiger partial charge in [0.15, 0.2) is 0 Å². The second kappa shape index (κ2) is 39.9. The van der Waals surface area contributed by atoms with E-state index in [1.807, 2.05) is 28.2 Å². The summed E-state index contributed by atoms with van der Waals surface area (Å²) in [6, 6.07) is 0. The summed E-state index contributed by atoms with van der Waals surface area (Å²) in [6.45, 7) is 15.8. The number of unbranched alkanes of at least 4 members (excludes halogenated alkanes) is 6. The lowest BCUT2D eigenvalue weighted by Gasteiger charge is -2.16. The normalized spacial score (nSPS) is 10.6. The van der Waals surface area contributed by atoms with Crippen molar-refractivity contribution in [2.24, 2.45) is 0 Å². The highest BCUT2D eigenvalue weighted by atomic mass is 15.1. The van der Waals surface area contributed by atoms with E-state index in [0.717, 1.165) is 39.3 Å². The van der Waals surface area contributed by atoms with E-state index < -0.39 is 0 Å². The predicted octanol–water partition coefficient (Wildman–Crippen LogP) is 2.89. The van der Waals surface area contributed by atoms with Crippen LogP contribution in [0.2, 0.25) is 0 Å². The lowest BCUT2D eigenvalue weighted by atomic mass is 10.1. The van der Waals surface area contributed by atoms with Crippen LogP contribution in [0.25, 0.3) is 0 Å². The molecular formula is C27H67N7. The molecule has 0 aromatic rings. The van der Waals surface area contributed by atoms with Crippen LogP contribution in [0.5, 0.6) is 0 Å². The minimum absolute atomic E-state index is 1.09. The Hall–Kier alpha value is -0.280. The molecule has 0 saturated heterocycles. The van der Waals surface area contributed by atoms with Gasteiger partial charge in [-0.15, -0.1) is 0 Å². The third-order valence-corrected chi connectivity index (χ3v) is 5.49. The van der Waals surface area contributed by atoms with Gasteiger partial charge in [0.25, 0.3) is 0 Å². The third-order valence-electron chi connectivity index (χ3n) is 5.49. The maximum atomic E-state index is 3.27. The lowest BCUT2D eigenvalue weighted by molar-refractivity contribution is 0.314. The molecule has 0 unspecified atom stereocenters. The number of hydrogen-bond acceptors (Lipinski definition) is 7. The molecule has 0 saturated carbocycles. The van der Waals surface area contributed by atoms with Crippen LogP contribution >= 0.6 is 0 Å². The first-order valence-electron chi connectivity index (χ1n) is 14.3. The molecule has 6 N–H and O–H groups in total. The van der Waals surface area contributed by atoms with E-state index in [0.29, 0.717) is 0 Å². The SMILES string of the molecule is CCNCCCNCC.CNCCCCCCN(C)CCCCCCNC.CNCCCNC. The molecule has 0 amide bonds. The van der Waals surface area contributed by atoms with Gasteiger partial charge in [-0.1, -0.05) is 39.5 Å². The first-order chi connectivity index (χ1) is 16.6. The number of rotatable bonds is 24. The molecule has 0 aliphatic rings. The molecule has 0 spiro atoms. The van der Waals surface area contributed by atoms with E-state index in [9.17, 15) is 0 Å². The van der Waals surface area contributed by atoms with E-state index in [2.05, 4.69) is 57.7 Å². The smallest absolute Gasteiger partial charge is 0.00218 e. The topological polar surface area (TPSA) is 75.4 Å². The van der Waals surface area contributed by atoms with Crippen LogP contribution in [0.1, 0.15) is 78.1 Å². The van der Waals surface area contributed by atoms with E-state index in [4.69, 9.17) is 0 Å². The maximum Gasteiger partial charge on any atom is -0.00218 e. The van der Waals surface area contributed by atoms with Crippen molar-refractivity contribution in [1.29, 1.82) is 0 Å². The molecule has 0 aliphatic carbocycles. The largest absolute Gasteiger partial charge is 0.320 e. The highest BCUT2D eigenvalue weighted by Crippen LogP contribution is 2.03. The molecule has 7 heteroatoms. The fourth-order valence-corrected chi connectivity index (χ4v) is 3.32. The van der Waals surface area contributed by atoms with Crippen molar-refractivity contribution in [2.45, 2.75) is 78.1 Å². The molecule has 0 aromatic carbocycles. The van der Waals surface area contributed by atoms with Crippen molar-refractivity contribution in [3.8, 4) is 0 Å². The van der Waals surface area contributed by atoms with Crippen LogP contribution in [0.3, 0.4) is 0 Å². The molecule has 0 heterocycles. The van der Waals surface area contributed by atoms with Gasteiger partial charge in [-0.25, -0.2) is 0 Å². The van der Waals surface area contributed by atoms with Gasteiger partial charge in [-0.2, -0.15) is 0 Å². The Kier molecular flexibility index (Phi) is 44.9. The standard InChI is InChI=1S/C15H35N3.C7H18N2.C5H14N2/c1-16-12-8-4-6-10-14-18(3)15-11-7-5-9-13-17-2;1-3-8-6-5-7-9-4-2;1-6-4-3-5-7-2/h16-17H,4-15H2,1-3H3;8-9H,3-7H2,1-2H3;6-7H,3-5H2,1-2H3. The molecule has 0 fully saturated rings. The average Bonchev–Trinajstić information content (AvgIpc) is 2.84. The van der Waals surface area contributed by atoms with Gasteiger partial charge in [-0.05, 0) is 139 Å². The zero-order valence-electron chi connectivity index (χ0n) is 24.6. The van der Waals surface area contributed by atoms with Crippen molar-refractivity contribution in [1.82, 2.24) is 36.8 Å². The van der Waals surface area contributed by atoms with E-state index in [1.165, 1.54) is 90.4 Å². The molecule has 0 aliphatic heterocycles. The molecule has 0 rings (SSSR count). The lowest BCUT2D eigenvalue weighted by Crippen LogP contribution is -2.21. The molecule has 0 aromatic heterocycles. The van der Waals surface area contributed by atoms with Crippen molar-refractivity contribution >= 4 is 0 Å². The van der Waals surface area contributed by atoms with Gasteiger partial charge < -0.3 is 36.8 Å². The second-order valence-corrected chi connectivity index (χ2v) is 8.96. The highest BCUT2D eigenvalue weighted by molar-refractivity contribution is 4.55. The summed E-state index contributed by atoms with van der Waals surface area (Å²) in [7, 11) is 10.3. The summed E-state index contributed by atoms with van der Waals surface area (Å²) in [5.74, 6) is 0. The Balaban J connectivity index is -0.000000497. The van der Waals surface area contributed by atoms with Crippen LogP contribution in [0, 0.1) is 0 Å². The van der Waals surface area contributed by atoms with Crippen LogP contribution in [-0.2, 0) is 0 Å². The van der Waals surface area contributed by atoms with E-state index >= 15 is 0 Å². The summed E-state index contributed by atoms with van der Waals surface area (Å²) in [5.41, 5.74) is 0. The van der Waals surface area contributed by atoms with Crippen molar-refractivity contribution < 1.29 is 0 Å². The van der Waals surface area contributed by atoms with Crippen LogP contribution in [0.15, 0.2) is 0 Å². The van der Waals surface area contributed by atoms with Crippen molar-refractivity contribution in [3.63, 3.8) is 0 Å². The molecule has 34 heavy (non-hydrogen) atoms. The molecule has 0 atom stereocenters. The van der Waals surface area contributed by atoms with Crippen LogP contribution < -0.4 is 31.9 Å². The minimum atomic E-state index is 1.09. The summed E-state index contributed by atoms with van der Waals surface area (Å²) in [6.07, 6.45) is 13.3. The van der Waals surface area contributed by atoms with Crippen molar-refractivity contribution in [3.05, 3.63) is 0 Å². The first-order valence-corrected chi connectivity index (χ1v) is 14.3. The number of nitrogens with one attached hydrogen (secondary N) is 6. The molecule has 7 nitrogen and oxygen atoms in total. The maximum absolute atomic E-state index is 3.27. The van der Waals surface area contributed by atoms with Gasteiger partial charge in [0, 0.05) is 0 Å². The summed E-state index contributed by atoms with van der Waals surface area (Å²) >= 11 is 0. The van der Waals surface area contributed by atoms with Crippen LogP contribution in [-0.4, -0.2) is 106 Å². The average molecular weight is 490 g/mol. The van der Waals surface area contributed by atoms with Gasteiger partial charge in [-0.3, -0.25) is 0 Å². The highest BCUT2D eigenvalue weighted by Gasteiger charge is 1.98. The van der Waals surface area contributed by atoms with Gasteiger partial charge in [0.2, 0.25) is 0 Å². The zero-order chi connectivity index (χ0) is 26.0. The number of hydrogen-bond donors (Lipinski definition) is 6. The fourth-order valence-electron chi connectivity index (χ4n) is 3.32. The molecule has 0 radical (unpaired) electrons. The Labute approximate surface area is 215 Å². The quantitative estimate of drug-likeness (QED) is 0.116. The van der Waals surface area contributed by atoms with E-state index in [1.54, 1.807) is 0 Å². The zero-order valence-corrected chi connectivity index (χ0v) is 24.6. The molecule has 0 bridgehead atoms. The third kappa shape index (κ3) is 45.3. The van der Waals surface area contributed by atoms with Crippen molar-refractivity contribution in [2.75, 3.05) is 101 Å². The second-order valence-electron chi connectivity index (χ2n) is 8.96. The number of nitrogens with zero attached hydrogens (tertiary/aromatic N) is 1. The Morgan fingerprint density at radius 1 is 0.412 bits per heavy atom. The summed E-state index contributed by atoms with van der Waals surface area (Å²) in [4.78, 5) is 2.50. The Morgan fingerprint density at radius 3 is 1.09 bits per heavy atom. The molecule has 210 valence electrons. The Bertz CT molecular complexity index is 281. The summed E-state index contributed by atoms with van der Waals surface area (Å²) < 4.78 is 0. The minimum Gasteiger partial charge on any atom is -0.320 e. The van der Waals surface area contributed by atoms with Gasteiger partial charge in [0.1, 0.15) is 0 Å². The summed E-state index contributed by atoms with van der Waals surface area (Å²) in [5, 5.41) is 19.1. The van der Waals surface area contributed by atoms with Gasteiger partial charge >= 0.3 is 0 Å². The fraction of sp³-hybridized carbons (Fsp3) is 1.00. The van der Waals surface area contributed by atoms with Crippen LogP contribution in [0.4, 0.5) is 0 Å². The van der Waals surface area contributed by atoms with Gasteiger partial charge in [0.05, 0.1) is 0 Å². The predicted molar refractivity (Wildman–Crippen MR) is 156 cm³/mol. The Morgan fingerprint density at radius 2 is 0.735 bits per heavy atom. The monoisotopic (exact) mass is 490 g/mol. The molecular weight excluding hydrogens is 422 g/mol. The first kappa shape index (κ1) is 38.3.